The third-order valence-electron chi connectivity index (χ3n) is 3.14. The summed E-state index contributed by atoms with van der Waals surface area (Å²) in [6.07, 6.45) is 3.59. The van der Waals surface area contributed by atoms with Crippen LogP contribution in [0, 0.1) is 5.41 Å². The minimum Gasteiger partial charge on any atom is -0.361 e. The molecule has 0 saturated heterocycles. The number of fused-ring (bicyclic) bond motifs is 1. The van der Waals surface area contributed by atoms with E-state index in [1.54, 1.807) is 6.92 Å². The van der Waals surface area contributed by atoms with Crippen LogP contribution >= 0.6 is 0 Å². The second kappa shape index (κ2) is 4.41. The van der Waals surface area contributed by atoms with Gasteiger partial charge in [0, 0.05) is 28.1 Å². The molecule has 3 heteroatoms. The Morgan fingerprint density at radius 2 is 2.11 bits per heavy atom. The zero-order chi connectivity index (χ0) is 13.3. The first-order valence-electron chi connectivity index (χ1n) is 6.00. The highest BCUT2D eigenvalue weighted by Gasteiger charge is 2.19. The Kier molecular flexibility index (Phi) is 3.07. The molecule has 0 aliphatic heterocycles. The zero-order valence-corrected chi connectivity index (χ0v) is 10.9. The number of nitrogens with one attached hydrogen (secondary N) is 1. The lowest BCUT2D eigenvalue weighted by atomic mass is 9.87. The van der Waals surface area contributed by atoms with Crippen LogP contribution in [-0.4, -0.2) is 17.1 Å². The number of H-pyrrole nitrogens is 1. The molecule has 1 heterocycles. The van der Waals surface area contributed by atoms with E-state index in [1.165, 1.54) is 0 Å². The maximum atomic E-state index is 11.3. The van der Waals surface area contributed by atoms with Gasteiger partial charge in [-0.3, -0.25) is 4.79 Å². The number of hydrogen-bond donors (Lipinski definition) is 1. The van der Waals surface area contributed by atoms with Gasteiger partial charge in [-0.2, -0.15) is 0 Å². The summed E-state index contributed by atoms with van der Waals surface area (Å²) >= 11 is 0. The lowest BCUT2D eigenvalue weighted by molar-refractivity contribution is -0.114. The molecular formula is C15H17NO2. The Hall–Kier alpha value is -1.90. The Morgan fingerprint density at radius 3 is 2.72 bits per heavy atom. The average molecular weight is 243 g/mol. The molecule has 1 aromatic carbocycles. The van der Waals surface area contributed by atoms with Crippen LogP contribution in [0.1, 0.15) is 36.7 Å². The molecule has 0 unspecified atom stereocenters. The molecule has 0 fully saturated rings. The predicted molar refractivity (Wildman–Crippen MR) is 71.9 cm³/mol. The van der Waals surface area contributed by atoms with E-state index >= 15 is 0 Å². The smallest absolute Gasteiger partial charge is 0.159 e. The molecule has 1 N–H and O–H groups in total. The van der Waals surface area contributed by atoms with Crippen molar-refractivity contribution in [2.45, 2.75) is 27.2 Å². The Balaban J connectivity index is 2.43. The number of ketones is 1. The van der Waals surface area contributed by atoms with E-state index < -0.39 is 0 Å². The van der Waals surface area contributed by atoms with Crippen LogP contribution in [0.4, 0.5) is 0 Å². The summed E-state index contributed by atoms with van der Waals surface area (Å²) < 4.78 is 0. The van der Waals surface area contributed by atoms with Gasteiger partial charge in [0.2, 0.25) is 0 Å². The molecular weight excluding hydrogens is 226 g/mol. The summed E-state index contributed by atoms with van der Waals surface area (Å²) in [5.74, 6) is 0.0567. The lowest BCUT2D eigenvalue weighted by Crippen LogP contribution is -2.16. The minimum atomic E-state index is -0.367. The van der Waals surface area contributed by atoms with E-state index in [9.17, 15) is 9.59 Å². The monoisotopic (exact) mass is 243 g/mol. The molecule has 0 amide bonds. The topological polar surface area (TPSA) is 49.9 Å². The van der Waals surface area contributed by atoms with Crippen LogP contribution in [0.5, 0.6) is 0 Å². The summed E-state index contributed by atoms with van der Waals surface area (Å²) in [6.45, 7) is 5.39. The van der Waals surface area contributed by atoms with E-state index in [-0.39, 0.29) is 11.2 Å². The van der Waals surface area contributed by atoms with Gasteiger partial charge in [0.05, 0.1) is 0 Å². The second-order valence-electron chi connectivity index (χ2n) is 5.41. The fourth-order valence-electron chi connectivity index (χ4n) is 2.08. The molecule has 0 bridgehead atoms. The van der Waals surface area contributed by atoms with E-state index in [0.29, 0.717) is 12.0 Å². The maximum absolute atomic E-state index is 11.3. The molecule has 18 heavy (non-hydrogen) atoms. The van der Waals surface area contributed by atoms with Gasteiger partial charge in [0.25, 0.3) is 0 Å². The molecule has 2 rings (SSSR count). The van der Waals surface area contributed by atoms with E-state index in [0.717, 1.165) is 22.8 Å². The molecule has 0 aliphatic carbocycles. The number of carbonyl (C=O) groups excluding carboxylic acids is 2. The van der Waals surface area contributed by atoms with Crippen LogP contribution in [0.3, 0.4) is 0 Å². The fraction of sp³-hybridized carbons (Fsp3) is 0.333. The number of aromatic amines is 1. The summed E-state index contributed by atoms with van der Waals surface area (Å²) in [4.78, 5) is 25.5. The molecule has 0 spiro atoms. The largest absolute Gasteiger partial charge is 0.361 e. The van der Waals surface area contributed by atoms with Crippen molar-refractivity contribution in [2.24, 2.45) is 5.41 Å². The molecule has 1 aromatic heterocycles. The number of Topliss-reactive ketones (excluding diaryl/α,β-unsaturated/α-hetero) is 1. The molecule has 3 nitrogen and oxygen atoms in total. The van der Waals surface area contributed by atoms with E-state index in [4.69, 9.17) is 0 Å². The highest BCUT2D eigenvalue weighted by Crippen LogP contribution is 2.26. The van der Waals surface area contributed by atoms with Crippen molar-refractivity contribution in [3.8, 4) is 0 Å². The zero-order valence-electron chi connectivity index (χ0n) is 10.9. The Morgan fingerprint density at radius 1 is 1.39 bits per heavy atom. The van der Waals surface area contributed by atoms with Crippen molar-refractivity contribution in [1.82, 2.24) is 4.98 Å². The number of carbonyl (C=O) groups is 2. The number of hydrogen-bond acceptors (Lipinski definition) is 2. The number of aromatic nitrogens is 1. The van der Waals surface area contributed by atoms with Crippen molar-refractivity contribution in [2.75, 3.05) is 0 Å². The fourth-order valence-corrected chi connectivity index (χ4v) is 2.08. The third-order valence-corrected chi connectivity index (χ3v) is 3.14. The van der Waals surface area contributed by atoms with Crippen molar-refractivity contribution in [1.29, 1.82) is 0 Å². The van der Waals surface area contributed by atoms with Gasteiger partial charge in [-0.15, -0.1) is 0 Å². The van der Waals surface area contributed by atoms with Crippen molar-refractivity contribution >= 4 is 23.0 Å². The number of aldehydes is 1. The van der Waals surface area contributed by atoms with Gasteiger partial charge in [-0.1, -0.05) is 26.0 Å². The van der Waals surface area contributed by atoms with E-state index in [1.807, 2.05) is 38.2 Å². The highest BCUT2D eigenvalue weighted by molar-refractivity contribution is 5.98. The van der Waals surface area contributed by atoms with Gasteiger partial charge in [0.15, 0.2) is 5.78 Å². The molecule has 0 atom stereocenters. The van der Waals surface area contributed by atoms with Gasteiger partial charge >= 0.3 is 0 Å². The number of rotatable bonds is 4. The quantitative estimate of drug-likeness (QED) is 0.662. The standard InChI is InChI=1S/C15H17NO2/c1-10(18)11-4-5-13-12(7-15(2,3)9-17)8-16-14(13)6-11/h4-6,8-9,16H,7H2,1-3H3. The maximum Gasteiger partial charge on any atom is 0.159 e. The summed E-state index contributed by atoms with van der Waals surface area (Å²) in [5.41, 5.74) is 2.39. The van der Waals surface area contributed by atoms with Crippen LogP contribution in [0.25, 0.3) is 10.9 Å². The second-order valence-corrected chi connectivity index (χ2v) is 5.41. The van der Waals surface area contributed by atoms with Gasteiger partial charge in [-0.05, 0) is 25.0 Å². The molecule has 94 valence electrons. The molecule has 2 aromatic rings. The minimum absolute atomic E-state index is 0.0567. The lowest BCUT2D eigenvalue weighted by Gasteiger charge is -2.15. The predicted octanol–water partition coefficient (Wildman–Crippen LogP) is 3.14. The Bertz CT molecular complexity index is 608. The Labute approximate surface area is 106 Å². The van der Waals surface area contributed by atoms with Gasteiger partial charge in [-0.25, -0.2) is 0 Å². The summed E-state index contributed by atoms with van der Waals surface area (Å²) in [7, 11) is 0. The molecule has 0 aliphatic rings. The van der Waals surface area contributed by atoms with Gasteiger partial charge < -0.3 is 9.78 Å². The first-order valence-corrected chi connectivity index (χ1v) is 6.00. The van der Waals surface area contributed by atoms with Crippen LogP contribution in [0.2, 0.25) is 0 Å². The number of benzene rings is 1. The van der Waals surface area contributed by atoms with E-state index in [2.05, 4.69) is 4.98 Å². The van der Waals surface area contributed by atoms with Crippen molar-refractivity contribution < 1.29 is 9.59 Å². The van der Waals surface area contributed by atoms with Crippen molar-refractivity contribution in [3.05, 3.63) is 35.5 Å². The van der Waals surface area contributed by atoms with Crippen LogP contribution < -0.4 is 0 Å². The first kappa shape index (κ1) is 12.6. The van der Waals surface area contributed by atoms with Gasteiger partial charge in [0.1, 0.15) is 6.29 Å². The highest BCUT2D eigenvalue weighted by atomic mass is 16.1. The molecule has 0 saturated carbocycles. The third kappa shape index (κ3) is 2.35. The normalized spacial score (nSPS) is 11.7. The van der Waals surface area contributed by atoms with Crippen molar-refractivity contribution in [3.63, 3.8) is 0 Å². The summed E-state index contributed by atoms with van der Waals surface area (Å²) in [5, 5.41) is 1.08. The average Bonchev–Trinajstić information content (AvgIpc) is 2.71. The molecule has 0 radical (unpaired) electrons. The SMILES string of the molecule is CC(=O)c1ccc2c(CC(C)(C)C=O)c[nH]c2c1. The van der Waals surface area contributed by atoms with Crippen LogP contribution in [-0.2, 0) is 11.2 Å². The van der Waals surface area contributed by atoms with Crippen LogP contribution in [0.15, 0.2) is 24.4 Å². The summed E-state index contributed by atoms with van der Waals surface area (Å²) in [6, 6.07) is 5.63. The first-order chi connectivity index (χ1) is 8.43.